The molecule has 0 aliphatic carbocycles. The highest BCUT2D eigenvalue weighted by Gasteiger charge is 2.23. The number of aromatic nitrogens is 2. The number of amides is 1. The molecule has 2 heterocycles. The third kappa shape index (κ3) is 6.69. The first-order valence-electron chi connectivity index (χ1n) is 13.7. The molecule has 42 heavy (non-hydrogen) atoms. The summed E-state index contributed by atoms with van der Waals surface area (Å²) >= 11 is 6.25. The van der Waals surface area contributed by atoms with Gasteiger partial charge in [0.05, 0.1) is 18.1 Å². The summed E-state index contributed by atoms with van der Waals surface area (Å²) in [6, 6.07) is 18.4. The molecule has 3 N–H and O–H groups in total. The smallest absolute Gasteiger partial charge is 0.251 e. The molecule has 0 unspecified atom stereocenters. The maximum Gasteiger partial charge on any atom is 0.251 e. The van der Waals surface area contributed by atoms with Gasteiger partial charge < -0.3 is 20.0 Å². The van der Waals surface area contributed by atoms with Gasteiger partial charge >= 0.3 is 0 Å². The Morgan fingerprint density at radius 3 is 2.52 bits per heavy atom. The second-order valence-corrected chi connectivity index (χ2v) is 13.0. The predicted molar refractivity (Wildman–Crippen MR) is 167 cm³/mol. The average molecular weight is 606 g/mol. The SMILES string of the molecule is Cc1cc(OCCCc2c(C(=O)CS(=O)(=O)CCNC(=O)c3ccc4[nH]ccc4c3)[nH]c3ccccc23)cc(C)c1Cl. The van der Waals surface area contributed by atoms with Gasteiger partial charge in [-0.3, -0.25) is 9.59 Å². The lowest BCUT2D eigenvalue weighted by Crippen LogP contribution is -2.31. The number of nitrogens with one attached hydrogen (secondary N) is 3. The molecule has 0 radical (unpaired) electrons. The van der Waals surface area contributed by atoms with Gasteiger partial charge in [0.2, 0.25) is 0 Å². The lowest BCUT2D eigenvalue weighted by molar-refractivity contribution is 0.0955. The van der Waals surface area contributed by atoms with Crippen LogP contribution in [0.25, 0.3) is 21.8 Å². The molecule has 0 bridgehead atoms. The van der Waals surface area contributed by atoms with E-state index in [2.05, 4.69) is 15.3 Å². The molecule has 2 aromatic heterocycles. The molecule has 8 nitrogen and oxygen atoms in total. The summed E-state index contributed by atoms with van der Waals surface area (Å²) in [6.45, 7) is 4.18. The van der Waals surface area contributed by atoms with Gasteiger partial charge in [-0.25, -0.2) is 8.42 Å². The number of fused-ring (bicyclic) bond motifs is 2. The molecule has 0 atom stereocenters. The minimum atomic E-state index is -3.78. The van der Waals surface area contributed by atoms with Crippen molar-refractivity contribution in [2.75, 3.05) is 24.7 Å². The molecule has 0 spiro atoms. The summed E-state index contributed by atoms with van der Waals surface area (Å²) < 4.78 is 31.7. The van der Waals surface area contributed by atoms with Crippen LogP contribution in [0.1, 0.15) is 44.0 Å². The Labute approximate surface area is 249 Å². The highest BCUT2D eigenvalue weighted by molar-refractivity contribution is 7.92. The molecule has 3 aromatic carbocycles. The fourth-order valence-corrected chi connectivity index (χ4v) is 6.30. The fraction of sp³-hybridized carbons (Fsp3) is 0.250. The molecular formula is C32H32ClN3O5S. The molecule has 218 valence electrons. The van der Waals surface area contributed by atoms with Crippen LogP contribution in [-0.4, -0.2) is 54.7 Å². The van der Waals surface area contributed by atoms with Crippen LogP contribution < -0.4 is 10.1 Å². The molecule has 0 fully saturated rings. The van der Waals surface area contributed by atoms with Crippen LogP contribution >= 0.6 is 11.6 Å². The number of aromatic amines is 2. The van der Waals surface area contributed by atoms with E-state index in [9.17, 15) is 18.0 Å². The Hall–Kier alpha value is -4.08. The Balaban J connectivity index is 1.20. The number of halogens is 1. The van der Waals surface area contributed by atoms with Crippen molar-refractivity contribution in [2.45, 2.75) is 26.7 Å². The van der Waals surface area contributed by atoms with Crippen molar-refractivity contribution in [1.29, 1.82) is 0 Å². The monoisotopic (exact) mass is 605 g/mol. The maximum absolute atomic E-state index is 13.3. The van der Waals surface area contributed by atoms with Crippen LogP contribution in [0.5, 0.6) is 5.75 Å². The highest BCUT2D eigenvalue weighted by Crippen LogP contribution is 2.27. The average Bonchev–Trinajstić information content (AvgIpc) is 3.58. The Kier molecular flexibility index (Phi) is 8.70. The van der Waals surface area contributed by atoms with Crippen molar-refractivity contribution in [3.63, 3.8) is 0 Å². The Morgan fingerprint density at radius 1 is 0.976 bits per heavy atom. The summed E-state index contributed by atoms with van der Waals surface area (Å²) in [5.41, 5.74) is 5.05. The van der Waals surface area contributed by atoms with E-state index in [0.29, 0.717) is 30.7 Å². The molecule has 0 aliphatic rings. The quantitative estimate of drug-likeness (QED) is 0.120. The van der Waals surface area contributed by atoms with Crippen LogP contribution in [0.15, 0.2) is 66.9 Å². The van der Waals surface area contributed by atoms with E-state index in [1.165, 1.54) is 0 Å². The first-order valence-corrected chi connectivity index (χ1v) is 15.9. The number of carbonyl (C=O) groups is 2. The number of hydrogen-bond acceptors (Lipinski definition) is 5. The summed E-state index contributed by atoms with van der Waals surface area (Å²) in [5, 5.41) is 5.13. The number of H-pyrrole nitrogens is 2. The van der Waals surface area contributed by atoms with Crippen molar-refractivity contribution in [1.82, 2.24) is 15.3 Å². The Morgan fingerprint density at radius 2 is 1.74 bits per heavy atom. The number of para-hydroxylation sites is 1. The minimum Gasteiger partial charge on any atom is -0.494 e. The van der Waals surface area contributed by atoms with Crippen molar-refractivity contribution >= 4 is 54.9 Å². The standard InChI is InChI=1S/C32H32ClN3O5S/c1-20-16-24(17-21(2)30(20)33)41-14-5-7-26-25-6-3-4-8-28(25)36-31(26)29(37)19-42(39,40)15-13-35-32(38)23-9-10-27-22(18-23)11-12-34-27/h3-4,6,8-12,16-18,34,36H,5,7,13-15,19H2,1-2H3,(H,35,38). The maximum atomic E-state index is 13.3. The first-order chi connectivity index (χ1) is 20.1. The van der Waals surface area contributed by atoms with Crippen molar-refractivity contribution in [2.24, 2.45) is 0 Å². The van der Waals surface area contributed by atoms with Crippen LogP contribution in [0.4, 0.5) is 0 Å². The van der Waals surface area contributed by atoms with E-state index < -0.39 is 21.4 Å². The first kappa shape index (κ1) is 29.4. The van der Waals surface area contributed by atoms with Gasteiger partial charge in [0.15, 0.2) is 15.6 Å². The third-order valence-electron chi connectivity index (χ3n) is 7.21. The molecule has 1 amide bonds. The van der Waals surface area contributed by atoms with E-state index in [1.54, 1.807) is 24.4 Å². The minimum absolute atomic E-state index is 0.0971. The zero-order chi connectivity index (χ0) is 29.9. The topological polar surface area (TPSA) is 121 Å². The number of carbonyl (C=O) groups excluding carboxylic acids is 2. The largest absolute Gasteiger partial charge is 0.494 e. The zero-order valence-corrected chi connectivity index (χ0v) is 25.0. The van der Waals surface area contributed by atoms with Gasteiger partial charge in [-0.2, -0.15) is 0 Å². The highest BCUT2D eigenvalue weighted by atomic mass is 35.5. The normalized spacial score (nSPS) is 11.7. The number of aryl methyl sites for hydroxylation is 3. The van der Waals surface area contributed by atoms with E-state index in [1.807, 2.05) is 56.3 Å². The molecule has 0 saturated carbocycles. The summed E-state index contributed by atoms with van der Waals surface area (Å²) in [7, 11) is -3.78. The van der Waals surface area contributed by atoms with E-state index in [4.69, 9.17) is 16.3 Å². The molecule has 10 heteroatoms. The lowest BCUT2D eigenvalue weighted by atomic mass is 10.0. The Bertz CT molecular complexity index is 1870. The van der Waals surface area contributed by atoms with Crippen LogP contribution in [-0.2, 0) is 16.3 Å². The summed E-state index contributed by atoms with van der Waals surface area (Å²) in [4.78, 5) is 32.0. The fourth-order valence-electron chi connectivity index (χ4n) is 5.09. The van der Waals surface area contributed by atoms with Gasteiger partial charge in [0.1, 0.15) is 11.5 Å². The van der Waals surface area contributed by atoms with E-state index in [0.717, 1.165) is 49.3 Å². The van der Waals surface area contributed by atoms with Crippen LogP contribution in [0.3, 0.4) is 0 Å². The van der Waals surface area contributed by atoms with Gasteiger partial charge in [0, 0.05) is 45.1 Å². The summed E-state index contributed by atoms with van der Waals surface area (Å²) in [5.74, 6) is -1.15. The number of Topliss-reactive ketones (excluding diaryl/α,β-unsaturated/α-hetero) is 1. The van der Waals surface area contributed by atoms with Gasteiger partial charge in [-0.05, 0) is 85.8 Å². The van der Waals surface area contributed by atoms with Gasteiger partial charge in [0.25, 0.3) is 5.91 Å². The number of sulfone groups is 1. The molecule has 0 aliphatic heterocycles. The second kappa shape index (κ2) is 12.4. The van der Waals surface area contributed by atoms with E-state index in [-0.39, 0.29) is 18.2 Å². The van der Waals surface area contributed by atoms with Crippen molar-refractivity contribution in [3.8, 4) is 5.75 Å². The van der Waals surface area contributed by atoms with Crippen LogP contribution in [0, 0.1) is 13.8 Å². The number of ether oxygens (including phenoxy) is 1. The van der Waals surface area contributed by atoms with E-state index >= 15 is 0 Å². The van der Waals surface area contributed by atoms with Gasteiger partial charge in [-0.15, -0.1) is 0 Å². The molecule has 0 saturated heterocycles. The van der Waals surface area contributed by atoms with Crippen molar-refractivity contribution in [3.05, 3.63) is 99.8 Å². The third-order valence-corrected chi connectivity index (χ3v) is 9.33. The van der Waals surface area contributed by atoms with Gasteiger partial charge in [-0.1, -0.05) is 29.8 Å². The number of ketones is 1. The molecular weight excluding hydrogens is 574 g/mol. The number of rotatable bonds is 12. The lowest BCUT2D eigenvalue weighted by Gasteiger charge is -2.10. The van der Waals surface area contributed by atoms with Crippen molar-refractivity contribution < 1.29 is 22.7 Å². The number of benzene rings is 3. The molecule has 5 rings (SSSR count). The second-order valence-electron chi connectivity index (χ2n) is 10.4. The predicted octanol–water partition coefficient (Wildman–Crippen LogP) is 5.96. The molecule has 5 aromatic rings. The zero-order valence-electron chi connectivity index (χ0n) is 23.4. The van der Waals surface area contributed by atoms with Crippen LogP contribution in [0.2, 0.25) is 5.02 Å². The number of hydrogen-bond donors (Lipinski definition) is 3. The summed E-state index contributed by atoms with van der Waals surface area (Å²) in [6.07, 6.45) is 2.93.